The molecule has 2 aromatic rings. The number of rotatable bonds is 22. The first-order valence-corrected chi connectivity index (χ1v) is 16.1. The molecule has 41 heavy (non-hydrogen) atoms. The van der Waals surface area contributed by atoms with E-state index in [1.54, 1.807) is 17.8 Å². The number of aliphatic hydroxyl groups is 1. The van der Waals surface area contributed by atoms with Crippen molar-refractivity contribution in [2.24, 2.45) is 0 Å². The molecule has 0 amide bonds. The first-order valence-electron chi connectivity index (χ1n) is 16.1. The molecule has 3 heterocycles. The summed E-state index contributed by atoms with van der Waals surface area (Å²) in [6, 6.07) is 0. The lowest BCUT2D eigenvalue weighted by Crippen LogP contribution is -2.33. The summed E-state index contributed by atoms with van der Waals surface area (Å²) in [5.41, 5.74) is 0.168. The van der Waals surface area contributed by atoms with Crippen molar-refractivity contribution in [1.29, 1.82) is 0 Å². The van der Waals surface area contributed by atoms with Crippen molar-refractivity contribution in [1.82, 2.24) is 24.5 Å². The molecule has 1 aliphatic heterocycles. The number of nitrogens with one attached hydrogen (secondary N) is 1. The minimum atomic E-state index is -0.766. The topological polar surface area (TPSA) is 124 Å². The van der Waals surface area contributed by atoms with Gasteiger partial charge in [0.1, 0.15) is 18.0 Å². The van der Waals surface area contributed by atoms with Crippen LogP contribution >= 0.6 is 0 Å². The van der Waals surface area contributed by atoms with E-state index in [4.69, 9.17) is 9.47 Å². The quantitative estimate of drug-likeness (QED) is 0.176. The zero-order valence-electron chi connectivity index (χ0n) is 25.4. The number of H-pyrrole nitrogens is 1. The number of aromatic amines is 1. The fraction of sp³-hybridized carbons (Fsp3) is 0.806. The zero-order valence-corrected chi connectivity index (χ0v) is 25.4. The molecular formula is C31H53N5O5. The van der Waals surface area contributed by atoms with Gasteiger partial charge in [-0.1, -0.05) is 108 Å². The van der Waals surface area contributed by atoms with Crippen LogP contribution in [0.25, 0.3) is 0 Å². The van der Waals surface area contributed by atoms with Crippen LogP contribution in [0.15, 0.2) is 22.0 Å². The Kier molecular flexibility index (Phi) is 15.4. The van der Waals surface area contributed by atoms with E-state index in [0.717, 1.165) is 12.1 Å². The predicted molar refractivity (Wildman–Crippen MR) is 160 cm³/mol. The molecule has 0 bridgehead atoms. The highest BCUT2D eigenvalue weighted by Gasteiger charge is 2.36. The first-order chi connectivity index (χ1) is 20.0. The van der Waals surface area contributed by atoms with Crippen LogP contribution in [0.3, 0.4) is 0 Å². The summed E-state index contributed by atoms with van der Waals surface area (Å²) in [5.74, 6) is 0. The van der Waals surface area contributed by atoms with E-state index in [0.29, 0.717) is 25.3 Å². The van der Waals surface area contributed by atoms with Crippen LogP contribution < -0.4 is 11.2 Å². The minimum Gasteiger partial charge on any atom is -0.390 e. The van der Waals surface area contributed by atoms with Gasteiger partial charge in [-0.15, -0.1) is 5.10 Å². The van der Waals surface area contributed by atoms with Gasteiger partial charge in [-0.2, -0.15) is 0 Å². The predicted octanol–water partition coefficient (Wildman–Crippen LogP) is 5.56. The maximum absolute atomic E-state index is 12.2. The van der Waals surface area contributed by atoms with Gasteiger partial charge in [-0.3, -0.25) is 14.3 Å². The van der Waals surface area contributed by atoms with Crippen LogP contribution in [0.2, 0.25) is 0 Å². The van der Waals surface area contributed by atoms with Crippen molar-refractivity contribution in [2.75, 3.05) is 6.61 Å². The largest absolute Gasteiger partial charge is 0.390 e. The van der Waals surface area contributed by atoms with Gasteiger partial charge < -0.3 is 14.6 Å². The zero-order chi connectivity index (χ0) is 29.3. The number of unbranched alkanes of at least 4 members (excludes halogenated alkanes) is 15. The minimum absolute atomic E-state index is 0.250. The Labute approximate surface area is 244 Å². The average molecular weight is 576 g/mol. The van der Waals surface area contributed by atoms with Crippen molar-refractivity contribution >= 4 is 0 Å². The van der Waals surface area contributed by atoms with Crippen LogP contribution in [0.5, 0.6) is 0 Å². The summed E-state index contributed by atoms with van der Waals surface area (Å²) >= 11 is 0. The van der Waals surface area contributed by atoms with Gasteiger partial charge in [0, 0.05) is 24.8 Å². The van der Waals surface area contributed by atoms with Gasteiger partial charge >= 0.3 is 5.69 Å². The third kappa shape index (κ3) is 12.2. The first kappa shape index (κ1) is 33.2. The van der Waals surface area contributed by atoms with Crippen LogP contribution in [0.4, 0.5) is 0 Å². The Hall–Kier alpha value is -2.30. The maximum Gasteiger partial charge on any atom is 0.330 e. The van der Waals surface area contributed by atoms with E-state index in [-0.39, 0.29) is 6.42 Å². The number of aryl methyl sites for hydroxylation is 1. The lowest BCUT2D eigenvalue weighted by molar-refractivity contribution is -0.0302. The smallest absolute Gasteiger partial charge is 0.330 e. The molecular weight excluding hydrogens is 522 g/mol. The highest BCUT2D eigenvalue weighted by molar-refractivity contribution is 5.02. The molecule has 0 aliphatic carbocycles. The molecule has 232 valence electrons. The molecule has 3 atom stereocenters. The molecule has 3 rings (SSSR count). The fourth-order valence-corrected chi connectivity index (χ4v) is 5.46. The molecule has 10 nitrogen and oxygen atoms in total. The van der Waals surface area contributed by atoms with E-state index in [1.807, 2.05) is 0 Å². The van der Waals surface area contributed by atoms with Crippen LogP contribution in [-0.2, 0) is 22.6 Å². The van der Waals surface area contributed by atoms with Gasteiger partial charge in [0.05, 0.1) is 25.5 Å². The third-order valence-corrected chi connectivity index (χ3v) is 8.01. The molecule has 0 unspecified atom stereocenters. The summed E-state index contributed by atoms with van der Waals surface area (Å²) in [6.45, 7) is 5.32. The number of hydrogen-bond acceptors (Lipinski definition) is 7. The number of nitrogens with zero attached hydrogens (tertiary/aromatic N) is 4. The van der Waals surface area contributed by atoms with Crippen molar-refractivity contribution in [3.8, 4) is 0 Å². The SMILES string of the molecule is CCCCCCCCCCCCCCCCCCOCc1cn(C[C@H]2O[C@@H](n3cc(C)c(=O)[nH]c3=O)C[C@H]2O)nn1. The van der Waals surface area contributed by atoms with Gasteiger partial charge in [0.15, 0.2) is 0 Å². The Balaban J connectivity index is 1.17. The van der Waals surface area contributed by atoms with Gasteiger partial charge in [-0.05, 0) is 13.3 Å². The number of ether oxygens (including phenoxy) is 2. The number of aromatic nitrogens is 5. The summed E-state index contributed by atoms with van der Waals surface area (Å²) < 4.78 is 14.7. The molecule has 1 saturated heterocycles. The average Bonchev–Trinajstić information content (AvgIpc) is 3.56. The summed E-state index contributed by atoms with van der Waals surface area (Å²) in [4.78, 5) is 26.1. The van der Waals surface area contributed by atoms with E-state index in [2.05, 4.69) is 22.2 Å². The molecule has 0 saturated carbocycles. The molecule has 10 heteroatoms. The van der Waals surface area contributed by atoms with E-state index in [9.17, 15) is 14.7 Å². The van der Waals surface area contributed by atoms with Crippen molar-refractivity contribution < 1.29 is 14.6 Å². The Bertz CT molecular complexity index is 1100. The monoisotopic (exact) mass is 575 g/mol. The van der Waals surface area contributed by atoms with Crippen LogP contribution in [-0.4, -0.2) is 48.5 Å². The van der Waals surface area contributed by atoms with Gasteiger partial charge in [0.2, 0.25) is 0 Å². The summed E-state index contributed by atoms with van der Waals surface area (Å²) in [6.07, 6.45) is 23.2. The molecule has 1 aliphatic rings. The number of hydrogen-bond donors (Lipinski definition) is 2. The second-order valence-corrected chi connectivity index (χ2v) is 11.7. The second-order valence-electron chi connectivity index (χ2n) is 11.7. The van der Waals surface area contributed by atoms with E-state index < -0.39 is 29.7 Å². The highest BCUT2D eigenvalue weighted by Crippen LogP contribution is 2.28. The second kappa shape index (κ2) is 19.0. The highest BCUT2D eigenvalue weighted by atomic mass is 16.5. The lowest BCUT2D eigenvalue weighted by atomic mass is 10.0. The molecule has 2 aromatic heterocycles. The Morgan fingerprint density at radius 2 is 1.51 bits per heavy atom. The van der Waals surface area contributed by atoms with Crippen LogP contribution in [0.1, 0.15) is 134 Å². The van der Waals surface area contributed by atoms with E-state index >= 15 is 0 Å². The Morgan fingerprint density at radius 1 is 0.927 bits per heavy atom. The maximum atomic E-state index is 12.2. The van der Waals surface area contributed by atoms with Crippen LogP contribution in [0, 0.1) is 6.92 Å². The standard InChI is InChI=1S/C31H53N5O5/c1-3-4-5-6-7-8-9-10-11-12-13-14-15-16-17-18-19-40-24-26-22-35(34-33-26)23-28-27(37)20-29(41-28)36-21-25(2)30(38)32-31(36)39/h21-22,27-29,37H,3-20,23-24H2,1-2H3,(H,32,38,39)/t27-,28-,29-/m1/s1. The molecule has 1 fully saturated rings. The molecule has 2 N–H and O–H groups in total. The van der Waals surface area contributed by atoms with Crippen molar-refractivity contribution in [3.05, 3.63) is 44.5 Å². The Morgan fingerprint density at radius 3 is 2.12 bits per heavy atom. The lowest BCUT2D eigenvalue weighted by Gasteiger charge is -2.16. The van der Waals surface area contributed by atoms with Gasteiger partial charge in [0.25, 0.3) is 5.56 Å². The summed E-state index contributed by atoms with van der Waals surface area (Å²) in [7, 11) is 0. The fourth-order valence-electron chi connectivity index (χ4n) is 5.46. The third-order valence-electron chi connectivity index (χ3n) is 8.01. The molecule has 0 aromatic carbocycles. The number of aliphatic hydroxyl groups excluding tert-OH is 1. The molecule has 0 spiro atoms. The molecule has 0 radical (unpaired) electrons. The normalized spacial score (nSPS) is 18.9. The van der Waals surface area contributed by atoms with Crippen molar-refractivity contribution in [3.63, 3.8) is 0 Å². The van der Waals surface area contributed by atoms with E-state index in [1.165, 1.54) is 107 Å². The van der Waals surface area contributed by atoms with Crippen molar-refractivity contribution in [2.45, 2.75) is 155 Å². The summed E-state index contributed by atoms with van der Waals surface area (Å²) in [5, 5.41) is 18.8. The van der Waals surface area contributed by atoms with Gasteiger partial charge in [-0.25, -0.2) is 9.48 Å².